The van der Waals surface area contributed by atoms with E-state index in [9.17, 15) is 13.2 Å². The van der Waals surface area contributed by atoms with E-state index < -0.39 is 16.1 Å². The molecule has 1 amide bonds. The largest absolute Gasteiger partial charge is 0.453 e. The number of sulfonamides is 1. The van der Waals surface area contributed by atoms with Gasteiger partial charge in [-0.3, -0.25) is 0 Å². The van der Waals surface area contributed by atoms with E-state index in [1.807, 2.05) is 0 Å². The predicted octanol–water partition coefficient (Wildman–Crippen LogP) is 2.04. The molecular weight excluding hydrogens is 312 g/mol. The summed E-state index contributed by atoms with van der Waals surface area (Å²) in [7, 11) is -2.11. The van der Waals surface area contributed by atoms with E-state index in [-0.39, 0.29) is 6.04 Å². The molecule has 1 saturated heterocycles. The number of alkyl carbamates (subject to hydrolysis) is 1. The van der Waals surface area contributed by atoms with Gasteiger partial charge in [-0.25, -0.2) is 13.2 Å². The van der Waals surface area contributed by atoms with Gasteiger partial charge in [0.05, 0.1) is 7.11 Å². The van der Waals surface area contributed by atoms with Crippen molar-refractivity contribution in [3.63, 3.8) is 0 Å². The first-order valence-corrected chi connectivity index (χ1v) is 9.25. The van der Waals surface area contributed by atoms with Crippen molar-refractivity contribution < 1.29 is 17.9 Å². The summed E-state index contributed by atoms with van der Waals surface area (Å²) in [6.07, 6.45) is 2.83. The second-order valence-electron chi connectivity index (χ2n) is 4.90. The average molecular weight is 332 g/mol. The van der Waals surface area contributed by atoms with Crippen LogP contribution in [0.5, 0.6) is 0 Å². The van der Waals surface area contributed by atoms with Crippen LogP contribution in [0.3, 0.4) is 0 Å². The standard InChI is InChI=1S/C13H20N2O4S2/c1-19-13(16)14-8-7-11-5-2-3-9-15(11)21(17,18)12-6-4-10-20-12/h4,6,10-11H,2-3,5,7-9H2,1H3,(H,14,16). The smallest absolute Gasteiger partial charge is 0.406 e. The number of carbonyl (C=O) groups is 1. The Morgan fingerprint density at radius 1 is 1.52 bits per heavy atom. The zero-order valence-electron chi connectivity index (χ0n) is 11.9. The first-order valence-electron chi connectivity index (χ1n) is 6.93. The molecule has 21 heavy (non-hydrogen) atoms. The van der Waals surface area contributed by atoms with Crippen LogP contribution in [0.1, 0.15) is 25.7 Å². The van der Waals surface area contributed by atoms with Gasteiger partial charge < -0.3 is 10.1 Å². The Bertz CT molecular complexity index is 557. The Morgan fingerprint density at radius 2 is 2.33 bits per heavy atom. The van der Waals surface area contributed by atoms with Crippen LogP contribution < -0.4 is 5.32 Å². The fourth-order valence-corrected chi connectivity index (χ4v) is 5.36. The van der Waals surface area contributed by atoms with Crippen LogP contribution in [-0.2, 0) is 14.8 Å². The lowest BCUT2D eigenvalue weighted by atomic mass is 10.0. The van der Waals surface area contributed by atoms with E-state index in [1.54, 1.807) is 21.8 Å². The molecule has 2 rings (SSSR count). The van der Waals surface area contributed by atoms with Gasteiger partial charge in [-0.15, -0.1) is 11.3 Å². The molecule has 1 fully saturated rings. The summed E-state index contributed by atoms with van der Waals surface area (Å²) in [6, 6.07) is 3.32. The van der Waals surface area contributed by atoms with Gasteiger partial charge >= 0.3 is 6.09 Å². The Morgan fingerprint density at radius 3 is 3.00 bits per heavy atom. The van der Waals surface area contributed by atoms with Crippen LogP contribution in [0.25, 0.3) is 0 Å². The maximum atomic E-state index is 12.6. The number of methoxy groups -OCH3 is 1. The molecule has 0 aliphatic carbocycles. The van der Waals surface area contributed by atoms with Crippen molar-refractivity contribution in [1.29, 1.82) is 0 Å². The molecule has 1 aromatic rings. The Kier molecular flexibility index (Phi) is 5.60. The van der Waals surface area contributed by atoms with Crippen molar-refractivity contribution >= 4 is 27.5 Å². The highest BCUT2D eigenvalue weighted by Crippen LogP contribution is 2.28. The van der Waals surface area contributed by atoms with E-state index in [0.29, 0.717) is 23.7 Å². The van der Waals surface area contributed by atoms with E-state index >= 15 is 0 Å². The molecule has 0 saturated carbocycles. The number of hydrogen-bond donors (Lipinski definition) is 1. The van der Waals surface area contributed by atoms with Crippen LogP contribution >= 0.6 is 11.3 Å². The second-order valence-corrected chi connectivity index (χ2v) is 7.97. The number of rotatable bonds is 5. The van der Waals surface area contributed by atoms with Gasteiger partial charge in [0.2, 0.25) is 0 Å². The van der Waals surface area contributed by atoms with Gasteiger partial charge in [0, 0.05) is 19.1 Å². The molecule has 0 spiro atoms. The number of carbonyl (C=O) groups excluding carboxylic acids is 1. The zero-order valence-corrected chi connectivity index (χ0v) is 13.6. The van der Waals surface area contributed by atoms with Gasteiger partial charge in [0.15, 0.2) is 0 Å². The third kappa shape index (κ3) is 3.96. The molecule has 6 nitrogen and oxygen atoms in total. The second kappa shape index (κ2) is 7.24. The molecule has 0 bridgehead atoms. The van der Waals surface area contributed by atoms with Gasteiger partial charge in [0.25, 0.3) is 10.0 Å². The number of hydrogen-bond acceptors (Lipinski definition) is 5. The maximum Gasteiger partial charge on any atom is 0.406 e. The van der Waals surface area contributed by atoms with Crippen molar-refractivity contribution in [3.8, 4) is 0 Å². The van der Waals surface area contributed by atoms with Crippen molar-refractivity contribution in [2.24, 2.45) is 0 Å². The van der Waals surface area contributed by atoms with Crippen molar-refractivity contribution in [3.05, 3.63) is 17.5 Å². The average Bonchev–Trinajstić information content (AvgIpc) is 3.02. The molecule has 118 valence electrons. The highest BCUT2D eigenvalue weighted by atomic mass is 32.2. The molecule has 1 N–H and O–H groups in total. The molecule has 2 heterocycles. The summed E-state index contributed by atoms with van der Waals surface area (Å²) in [6.45, 7) is 0.955. The topological polar surface area (TPSA) is 75.7 Å². The minimum Gasteiger partial charge on any atom is -0.453 e. The number of piperidine rings is 1. The van der Waals surface area contributed by atoms with Crippen LogP contribution in [-0.4, -0.2) is 45.1 Å². The summed E-state index contributed by atoms with van der Waals surface area (Å²) in [5.41, 5.74) is 0. The van der Waals surface area contributed by atoms with Crippen LogP contribution in [0.15, 0.2) is 21.7 Å². The number of thiophene rings is 1. The summed E-state index contributed by atoms with van der Waals surface area (Å²) in [5.74, 6) is 0. The van der Waals surface area contributed by atoms with Crippen molar-refractivity contribution in [2.45, 2.75) is 35.9 Å². The summed E-state index contributed by atoms with van der Waals surface area (Å²) in [5, 5.41) is 4.37. The maximum absolute atomic E-state index is 12.6. The predicted molar refractivity (Wildman–Crippen MR) is 80.9 cm³/mol. The highest BCUT2D eigenvalue weighted by Gasteiger charge is 2.33. The third-order valence-corrected chi connectivity index (χ3v) is 6.89. The lowest BCUT2D eigenvalue weighted by Gasteiger charge is -2.34. The van der Waals surface area contributed by atoms with Gasteiger partial charge in [-0.05, 0) is 30.7 Å². The lowest BCUT2D eigenvalue weighted by Crippen LogP contribution is -2.44. The lowest BCUT2D eigenvalue weighted by molar-refractivity contribution is 0.168. The van der Waals surface area contributed by atoms with E-state index in [2.05, 4.69) is 10.1 Å². The molecule has 1 aliphatic heterocycles. The number of ether oxygens (including phenoxy) is 1. The molecule has 8 heteroatoms. The Labute approximate surface area is 129 Å². The molecule has 1 aliphatic rings. The minimum atomic E-state index is -3.42. The fraction of sp³-hybridized carbons (Fsp3) is 0.615. The fourth-order valence-electron chi connectivity index (χ4n) is 2.52. The highest BCUT2D eigenvalue weighted by molar-refractivity contribution is 7.91. The first-order chi connectivity index (χ1) is 10.1. The van der Waals surface area contributed by atoms with Gasteiger partial charge in [0.1, 0.15) is 4.21 Å². The van der Waals surface area contributed by atoms with Gasteiger partial charge in [-0.1, -0.05) is 12.5 Å². The number of nitrogens with zero attached hydrogens (tertiary/aromatic N) is 1. The van der Waals surface area contributed by atoms with Crippen LogP contribution in [0.4, 0.5) is 4.79 Å². The molecule has 1 aromatic heterocycles. The molecule has 0 aromatic carbocycles. The molecular formula is C13H20N2O4S2. The Hall–Kier alpha value is -1.12. The first kappa shape index (κ1) is 16.3. The quantitative estimate of drug-likeness (QED) is 0.895. The van der Waals surface area contributed by atoms with E-state index in [1.165, 1.54) is 18.4 Å². The van der Waals surface area contributed by atoms with Crippen molar-refractivity contribution in [2.75, 3.05) is 20.2 Å². The van der Waals surface area contributed by atoms with E-state index in [0.717, 1.165) is 19.3 Å². The van der Waals surface area contributed by atoms with E-state index in [4.69, 9.17) is 0 Å². The monoisotopic (exact) mass is 332 g/mol. The summed E-state index contributed by atoms with van der Waals surface area (Å²) in [4.78, 5) is 11.1. The minimum absolute atomic E-state index is 0.0667. The zero-order chi connectivity index (χ0) is 15.3. The molecule has 1 atom stereocenters. The number of amides is 1. The number of nitrogens with one attached hydrogen (secondary N) is 1. The SMILES string of the molecule is COC(=O)NCCC1CCCCN1S(=O)(=O)c1cccs1. The molecule has 1 unspecified atom stereocenters. The Balaban J connectivity index is 2.03. The van der Waals surface area contributed by atoms with Crippen molar-refractivity contribution in [1.82, 2.24) is 9.62 Å². The van der Waals surface area contributed by atoms with Crippen LogP contribution in [0, 0.1) is 0 Å². The molecule has 0 radical (unpaired) electrons. The van der Waals surface area contributed by atoms with Crippen LogP contribution in [0.2, 0.25) is 0 Å². The summed E-state index contributed by atoms with van der Waals surface area (Å²) >= 11 is 1.24. The third-order valence-electron chi connectivity index (χ3n) is 3.56. The normalized spacial score (nSPS) is 20.1. The van der Waals surface area contributed by atoms with Gasteiger partial charge in [-0.2, -0.15) is 4.31 Å². The summed E-state index contributed by atoms with van der Waals surface area (Å²) < 4.78 is 31.8.